The molecule has 5 nitrogen and oxygen atoms in total. The molecule has 0 spiro atoms. The van der Waals surface area contributed by atoms with Crippen molar-refractivity contribution in [1.29, 1.82) is 0 Å². The summed E-state index contributed by atoms with van der Waals surface area (Å²) in [6.45, 7) is 11.6. The topological polar surface area (TPSA) is 44.8 Å². The SMILES string of the molecule is CCC(=O)NCC1CCN(CCCN2CCOCC2)CC1. The Morgan fingerprint density at radius 2 is 1.71 bits per heavy atom. The summed E-state index contributed by atoms with van der Waals surface area (Å²) in [6.07, 6.45) is 4.31. The lowest BCUT2D eigenvalue weighted by atomic mass is 9.96. The number of morpholine rings is 1. The standard InChI is InChI=1S/C16H31N3O2/c1-2-16(20)17-14-15-4-8-18(9-5-15)6-3-7-19-10-12-21-13-11-19/h15H,2-14H2,1H3,(H,17,20). The summed E-state index contributed by atoms with van der Waals surface area (Å²) in [7, 11) is 0. The van der Waals surface area contributed by atoms with Crippen LogP contribution in [-0.2, 0) is 9.53 Å². The third-order valence-corrected chi connectivity index (χ3v) is 4.67. The van der Waals surface area contributed by atoms with Crippen LogP contribution in [0, 0.1) is 5.92 Å². The third kappa shape index (κ3) is 6.32. The van der Waals surface area contributed by atoms with Crippen molar-refractivity contribution in [2.75, 3.05) is 59.0 Å². The van der Waals surface area contributed by atoms with Gasteiger partial charge in [0.15, 0.2) is 0 Å². The van der Waals surface area contributed by atoms with Crippen LogP contribution in [0.4, 0.5) is 0 Å². The van der Waals surface area contributed by atoms with Crippen molar-refractivity contribution in [2.24, 2.45) is 5.92 Å². The minimum Gasteiger partial charge on any atom is -0.379 e. The number of likely N-dealkylation sites (tertiary alicyclic amines) is 1. The molecule has 2 aliphatic rings. The molecule has 0 aromatic rings. The highest BCUT2D eigenvalue weighted by atomic mass is 16.5. The zero-order chi connectivity index (χ0) is 14.9. The van der Waals surface area contributed by atoms with Gasteiger partial charge in [-0.05, 0) is 51.4 Å². The molecule has 2 saturated heterocycles. The number of hydrogen-bond donors (Lipinski definition) is 1. The molecule has 122 valence electrons. The van der Waals surface area contributed by atoms with Crippen LogP contribution in [0.1, 0.15) is 32.6 Å². The lowest BCUT2D eigenvalue weighted by molar-refractivity contribution is -0.121. The van der Waals surface area contributed by atoms with Gasteiger partial charge in [-0.3, -0.25) is 9.69 Å². The third-order valence-electron chi connectivity index (χ3n) is 4.67. The number of nitrogens with one attached hydrogen (secondary N) is 1. The van der Waals surface area contributed by atoms with Gasteiger partial charge in [0.25, 0.3) is 0 Å². The van der Waals surface area contributed by atoms with Crippen LogP contribution in [0.2, 0.25) is 0 Å². The molecule has 2 rings (SSSR count). The molecular weight excluding hydrogens is 266 g/mol. The van der Waals surface area contributed by atoms with Gasteiger partial charge in [0.05, 0.1) is 13.2 Å². The van der Waals surface area contributed by atoms with E-state index >= 15 is 0 Å². The molecule has 5 heteroatoms. The molecule has 0 unspecified atom stereocenters. The number of hydrogen-bond acceptors (Lipinski definition) is 4. The smallest absolute Gasteiger partial charge is 0.219 e. The Kier molecular flexibility index (Phi) is 7.47. The maximum atomic E-state index is 11.3. The summed E-state index contributed by atoms with van der Waals surface area (Å²) in [5, 5.41) is 3.03. The molecule has 2 aliphatic heterocycles. The van der Waals surface area contributed by atoms with Gasteiger partial charge in [-0.2, -0.15) is 0 Å². The van der Waals surface area contributed by atoms with Crippen molar-refractivity contribution in [3.63, 3.8) is 0 Å². The molecule has 1 amide bonds. The number of carbonyl (C=O) groups excluding carboxylic acids is 1. The van der Waals surface area contributed by atoms with Crippen molar-refractivity contribution in [3.8, 4) is 0 Å². The van der Waals surface area contributed by atoms with Crippen molar-refractivity contribution < 1.29 is 9.53 Å². The predicted octanol–water partition coefficient (Wildman–Crippen LogP) is 0.947. The number of rotatable bonds is 7. The lowest BCUT2D eigenvalue weighted by Gasteiger charge is -2.33. The molecule has 0 aromatic carbocycles. The van der Waals surface area contributed by atoms with Crippen LogP contribution >= 0.6 is 0 Å². The zero-order valence-corrected chi connectivity index (χ0v) is 13.5. The number of nitrogens with zero attached hydrogens (tertiary/aromatic N) is 2. The van der Waals surface area contributed by atoms with Crippen molar-refractivity contribution >= 4 is 5.91 Å². The largest absolute Gasteiger partial charge is 0.379 e. The van der Waals surface area contributed by atoms with Crippen molar-refractivity contribution in [1.82, 2.24) is 15.1 Å². The monoisotopic (exact) mass is 297 g/mol. The van der Waals surface area contributed by atoms with Crippen LogP contribution in [0.3, 0.4) is 0 Å². The maximum absolute atomic E-state index is 11.3. The van der Waals surface area contributed by atoms with Crippen LogP contribution < -0.4 is 5.32 Å². The maximum Gasteiger partial charge on any atom is 0.219 e. The molecule has 2 fully saturated rings. The molecular formula is C16H31N3O2. The molecule has 0 bridgehead atoms. The van der Waals surface area contributed by atoms with E-state index in [1.165, 1.54) is 45.4 Å². The Morgan fingerprint density at radius 3 is 2.33 bits per heavy atom. The van der Waals surface area contributed by atoms with Gasteiger partial charge in [0, 0.05) is 26.1 Å². The van der Waals surface area contributed by atoms with E-state index in [2.05, 4.69) is 15.1 Å². The van der Waals surface area contributed by atoms with E-state index < -0.39 is 0 Å². The van der Waals surface area contributed by atoms with E-state index in [0.29, 0.717) is 12.3 Å². The second-order valence-corrected chi connectivity index (χ2v) is 6.25. The predicted molar refractivity (Wildman–Crippen MR) is 84.3 cm³/mol. The minimum atomic E-state index is 0.183. The average molecular weight is 297 g/mol. The summed E-state index contributed by atoms with van der Waals surface area (Å²) < 4.78 is 5.37. The van der Waals surface area contributed by atoms with Crippen LogP contribution in [-0.4, -0.2) is 74.7 Å². The van der Waals surface area contributed by atoms with E-state index in [1.807, 2.05) is 6.92 Å². The van der Waals surface area contributed by atoms with E-state index in [-0.39, 0.29) is 5.91 Å². The first kappa shape index (κ1) is 16.7. The van der Waals surface area contributed by atoms with Gasteiger partial charge < -0.3 is 15.0 Å². The highest BCUT2D eigenvalue weighted by Gasteiger charge is 2.19. The Bertz CT molecular complexity index is 298. The number of ether oxygens (including phenoxy) is 1. The zero-order valence-electron chi connectivity index (χ0n) is 13.5. The molecule has 0 radical (unpaired) electrons. The summed E-state index contributed by atoms with van der Waals surface area (Å²) in [5.41, 5.74) is 0. The van der Waals surface area contributed by atoms with E-state index in [1.54, 1.807) is 0 Å². The first-order valence-electron chi connectivity index (χ1n) is 8.57. The van der Waals surface area contributed by atoms with E-state index in [4.69, 9.17) is 4.74 Å². The normalized spacial score (nSPS) is 22.3. The summed E-state index contributed by atoms with van der Waals surface area (Å²) in [6, 6.07) is 0. The molecule has 2 heterocycles. The van der Waals surface area contributed by atoms with Gasteiger partial charge in [0.1, 0.15) is 0 Å². The Balaban J connectivity index is 1.51. The fourth-order valence-corrected chi connectivity index (χ4v) is 3.14. The molecule has 1 N–H and O–H groups in total. The highest BCUT2D eigenvalue weighted by molar-refractivity contribution is 5.75. The Labute approximate surface area is 129 Å². The van der Waals surface area contributed by atoms with Gasteiger partial charge in [-0.15, -0.1) is 0 Å². The fourth-order valence-electron chi connectivity index (χ4n) is 3.14. The van der Waals surface area contributed by atoms with E-state index in [0.717, 1.165) is 32.8 Å². The van der Waals surface area contributed by atoms with Crippen LogP contribution in [0.25, 0.3) is 0 Å². The first-order valence-corrected chi connectivity index (χ1v) is 8.57. The summed E-state index contributed by atoms with van der Waals surface area (Å²) in [5.74, 6) is 0.860. The molecule has 0 aliphatic carbocycles. The Morgan fingerprint density at radius 1 is 1.10 bits per heavy atom. The quantitative estimate of drug-likeness (QED) is 0.760. The van der Waals surface area contributed by atoms with E-state index in [9.17, 15) is 4.79 Å². The fraction of sp³-hybridized carbons (Fsp3) is 0.938. The second-order valence-electron chi connectivity index (χ2n) is 6.25. The van der Waals surface area contributed by atoms with Gasteiger partial charge in [-0.25, -0.2) is 0 Å². The number of piperidine rings is 1. The summed E-state index contributed by atoms with van der Waals surface area (Å²) >= 11 is 0. The van der Waals surface area contributed by atoms with Crippen molar-refractivity contribution in [2.45, 2.75) is 32.6 Å². The van der Waals surface area contributed by atoms with Gasteiger partial charge in [-0.1, -0.05) is 6.92 Å². The van der Waals surface area contributed by atoms with Gasteiger partial charge >= 0.3 is 0 Å². The lowest BCUT2D eigenvalue weighted by Crippen LogP contribution is -2.41. The molecule has 0 atom stereocenters. The first-order chi connectivity index (χ1) is 10.3. The average Bonchev–Trinajstić information content (AvgIpc) is 2.55. The minimum absolute atomic E-state index is 0.183. The Hall–Kier alpha value is -0.650. The molecule has 0 aromatic heterocycles. The summed E-state index contributed by atoms with van der Waals surface area (Å²) in [4.78, 5) is 16.4. The van der Waals surface area contributed by atoms with Crippen LogP contribution in [0.5, 0.6) is 0 Å². The van der Waals surface area contributed by atoms with Crippen molar-refractivity contribution in [3.05, 3.63) is 0 Å². The number of carbonyl (C=O) groups is 1. The highest BCUT2D eigenvalue weighted by Crippen LogP contribution is 2.16. The van der Waals surface area contributed by atoms with Crippen LogP contribution in [0.15, 0.2) is 0 Å². The molecule has 0 saturated carbocycles. The second kappa shape index (κ2) is 9.38. The molecule has 21 heavy (non-hydrogen) atoms. The van der Waals surface area contributed by atoms with Gasteiger partial charge in [0.2, 0.25) is 5.91 Å². The number of amides is 1.